The molecule has 0 spiro atoms. The summed E-state index contributed by atoms with van der Waals surface area (Å²) >= 11 is 25.8. The standard InChI is InChI=1S/C35H30Cl4N4O6S2/c1-3-40-28-16-24(36)26(38)18-30(28)42(20-22-10-5-7-12-32(22)50(44,45)46)34(40)14-9-15-35-41(4-2)29-17-25(37)27(39)19-31(29)43(35)21-23-11-6-8-13-33(23)51(47,48)49/h5-19H,3-4,20-21H2,1-2H3,(H-,44,45,46,47,48,49)/p-1. The summed E-state index contributed by atoms with van der Waals surface area (Å²) in [7, 11) is -9.56. The summed E-state index contributed by atoms with van der Waals surface area (Å²) in [6.45, 7) is 4.92. The molecule has 4 aromatic carbocycles. The van der Waals surface area contributed by atoms with Crippen LogP contribution in [0, 0.1) is 0 Å². The van der Waals surface area contributed by atoms with Gasteiger partial charge >= 0.3 is 0 Å². The first-order valence-electron chi connectivity index (χ1n) is 15.5. The van der Waals surface area contributed by atoms with E-state index in [1.807, 2.05) is 44.9 Å². The second kappa shape index (κ2) is 14.4. The van der Waals surface area contributed by atoms with Gasteiger partial charge in [0.1, 0.15) is 32.6 Å². The Morgan fingerprint density at radius 1 is 0.706 bits per heavy atom. The molecule has 0 bridgehead atoms. The Bertz CT molecular complexity index is 2480. The van der Waals surface area contributed by atoms with Crippen LogP contribution >= 0.6 is 46.4 Å². The van der Waals surface area contributed by atoms with Crippen LogP contribution in [0.5, 0.6) is 0 Å². The number of allylic oxidation sites excluding steroid dienone is 2. The minimum atomic E-state index is -4.78. The van der Waals surface area contributed by atoms with Crippen molar-refractivity contribution in [1.82, 2.24) is 4.57 Å². The van der Waals surface area contributed by atoms with Gasteiger partial charge in [-0.25, -0.2) is 26.0 Å². The molecule has 1 aliphatic rings. The Hall–Kier alpha value is -3.59. The molecule has 51 heavy (non-hydrogen) atoms. The Morgan fingerprint density at radius 3 is 1.82 bits per heavy atom. The van der Waals surface area contributed by atoms with Crippen LogP contribution in [-0.4, -0.2) is 37.1 Å². The highest BCUT2D eigenvalue weighted by atomic mass is 35.5. The van der Waals surface area contributed by atoms with Crippen LogP contribution in [0.4, 0.5) is 11.4 Å². The van der Waals surface area contributed by atoms with Gasteiger partial charge in [-0.1, -0.05) is 88.9 Å². The Labute approximate surface area is 315 Å². The summed E-state index contributed by atoms with van der Waals surface area (Å²) in [5.41, 5.74) is 3.35. The molecule has 0 atom stereocenters. The molecule has 0 amide bonds. The monoisotopic (exact) mass is 805 g/mol. The summed E-state index contributed by atoms with van der Waals surface area (Å²) in [6, 6.07) is 18.9. The molecular formula is C35H29Cl4N4O6S2-. The van der Waals surface area contributed by atoms with Gasteiger partial charge in [0.2, 0.25) is 0 Å². The Kier molecular flexibility index (Phi) is 10.5. The zero-order valence-electron chi connectivity index (χ0n) is 27.1. The van der Waals surface area contributed by atoms with Crippen LogP contribution in [0.25, 0.3) is 17.1 Å². The molecule has 5 aromatic rings. The van der Waals surface area contributed by atoms with Crippen molar-refractivity contribution in [2.24, 2.45) is 0 Å². The lowest BCUT2D eigenvalue weighted by Gasteiger charge is -2.25. The van der Waals surface area contributed by atoms with Gasteiger partial charge in [0.05, 0.1) is 54.3 Å². The third-order valence-electron chi connectivity index (χ3n) is 8.57. The zero-order valence-corrected chi connectivity index (χ0v) is 31.7. The van der Waals surface area contributed by atoms with E-state index in [1.54, 1.807) is 54.6 Å². The molecular weight excluding hydrogens is 778 g/mol. The second-order valence-corrected chi connectivity index (χ2v) is 15.9. The lowest BCUT2D eigenvalue weighted by molar-refractivity contribution is -0.665. The van der Waals surface area contributed by atoms with Gasteiger partial charge < -0.3 is 18.9 Å². The Morgan fingerprint density at radius 2 is 1.24 bits per heavy atom. The van der Waals surface area contributed by atoms with E-state index in [0.717, 1.165) is 11.2 Å². The molecule has 1 aromatic heterocycles. The van der Waals surface area contributed by atoms with Gasteiger partial charge in [-0.3, -0.25) is 0 Å². The maximum absolute atomic E-state index is 12.2. The van der Waals surface area contributed by atoms with Crippen molar-refractivity contribution in [3.05, 3.63) is 128 Å². The maximum atomic E-state index is 12.2. The van der Waals surface area contributed by atoms with Crippen molar-refractivity contribution >= 4 is 95.1 Å². The number of benzene rings is 4. The molecule has 0 radical (unpaired) electrons. The number of rotatable bonds is 10. The molecule has 16 heteroatoms. The number of aromatic nitrogens is 2. The fourth-order valence-corrected chi connectivity index (χ4v) is 8.41. The number of imidazole rings is 1. The lowest BCUT2D eigenvalue weighted by atomic mass is 10.2. The molecule has 0 saturated heterocycles. The van der Waals surface area contributed by atoms with Crippen molar-refractivity contribution in [3.8, 4) is 0 Å². The SMILES string of the molecule is CCN1C(=CC=Cc2n(CC)c3cc(Cl)c(Cl)cc3[n+]2Cc2ccccc2S(=O)(=O)[O-])N(Cc2ccccc2S(=O)(=O)[O-])c2cc(Cl)c(Cl)cc21. The molecule has 2 heterocycles. The fraction of sp³-hybridized carbons (Fsp3) is 0.171. The number of hydrogen-bond acceptors (Lipinski definition) is 8. The first-order chi connectivity index (χ1) is 24.1. The third-order valence-corrected chi connectivity index (χ3v) is 11.9. The van der Waals surface area contributed by atoms with E-state index in [0.29, 0.717) is 67.2 Å². The predicted octanol–water partition coefficient (Wildman–Crippen LogP) is 7.82. The molecule has 0 fully saturated rings. The van der Waals surface area contributed by atoms with Gasteiger partial charge in [0.25, 0.3) is 5.82 Å². The first kappa shape index (κ1) is 37.2. The number of nitrogens with zero attached hydrogens (tertiary/aromatic N) is 4. The topological polar surface area (TPSA) is 130 Å². The second-order valence-electron chi connectivity index (χ2n) is 11.5. The van der Waals surface area contributed by atoms with Gasteiger partial charge in [0.15, 0.2) is 11.0 Å². The fourth-order valence-electron chi connectivity index (χ4n) is 6.38. The van der Waals surface area contributed by atoms with Crippen molar-refractivity contribution in [1.29, 1.82) is 0 Å². The lowest BCUT2D eigenvalue weighted by Crippen LogP contribution is -2.37. The van der Waals surface area contributed by atoms with Crippen molar-refractivity contribution in [2.75, 3.05) is 16.3 Å². The van der Waals surface area contributed by atoms with E-state index in [4.69, 9.17) is 46.4 Å². The summed E-state index contributed by atoms with van der Waals surface area (Å²) in [6.07, 6.45) is 5.46. The molecule has 10 nitrogen and oxygen atoms in total. The van der Waals surface area contributed by atoms with Gasteiger partial charge in [-0.05, 0) is 49.8 Å². The van der Waals surface area contributed by atoms with Crippen molar-refractivity contribution < 1.29 is 30.5 Å². The number of anilines is 2. The van der Waals surface area contributed by atoms with Crippen LogP contribution in [0.2, 0.25) is 20.1 Å². The molecule has 1 aliphatic heterocycles. The molecule has 266 valence electrons. The van der Waals surface area contributed by atoms with Gasteiger partial charge in [0, 0.05) is 30.3 Å². The molecule has 0 N–H and O–H groups in total. The van der Waals surface area contributed by atoms with Crippen LogP contribution < -0.4 is 14.4 Å². The molecule has 0 aliphatic carbocycles. The summed E-state index contributed by atoms with van der Waals surface area (Å²) < 4.78 is 77.0. The number of hydrogen-bond donors (Lipinski definition) is 0. The molecule has 0 unspecified atom stereocenters. The Balaban J connectivity index is 1.53. The zero-order chi connectivity index (χ0) is 36.8. The summed E-state index contributed by atoms with van der Waals surface area (Å²) in [4.78, 5) is 3.17. The van der Waals surface area contributed by atoms with Crippen LogP contribution in [0.15, 0.2) is 101 Å². The number of halogens is 4. The average molecular weight is 808 g/mol. The quantitative estimate of drug-likeness (QED) is 0.103. The highest BCUT2D eigenvalue weighted by molar-refractivity contribution is 7.86. The van der Waals surface area contributed by atoms with Crippen molar-refractivity contribution in [3.63, 3.8) is 0 Å². The maximum Gasteiger partial charge on any atom is 0.282 e. The van der Waals surface area contributed by atoms with Crippen LogP contribution in [-0.2, 0) is 39.9 Å². The van der Waals surface area contributed by atoms with Crippen molar-refractivity contribution in [2.45, 2.75) is 43.3 Å². The largest absolute Gasteiger partial charge is 0.744 e. The van der Waals surface area contributed by atoms with Gasteiger partial charge in [-0.15, -0.1) is 0 Å². The minimum absolute atomic E-state index is 0.0193. The minimum Gasteiger partial charge on any atom is -0.744 e. The highest BCUT2D eigenvalue weighted by Crippen LogP contribution is 2.46. The number of fused-ring (bicyclic) bond motifs is 2. The highest BCUT2D eigenvalue weighted by Gasteiger charge is 2.32. The smallest absolute Gasteiger partial charge is 0.282 e. The van der Waals surface area contributed by atoms with E-state index in [9.17, 15) is 25.9 Å². The third kappa shape index (κ3) is 7.24. The molecule has 6 rings (SSSR count). The van der Waals surface area contributed by atoms with E-state index in [-0.39, 0.29) is 22.9 Å². The first-order valence-corrected chi connectivity index (χ1v) is 19.9. The van der Waals surface area contributed by atoms with E-state index in [1.165, 1.54) is 24.3 Å². The average Bonchev–Trinajstić information content (AvgIpc) is 3.50. The van der Waals surface area contributed by atoms with E-state index in [2.05, 4.69) is 0 Å². The number of aryl methyl sites for hydroxylation is 1. The normalized spacial score (nSPS) is 14.4. The van der Waals surface area contributed by atoms with E-state index < -0.39 is 20.2 Å². The van der Waals surface area contributed by atoms with Crippen LogP contribution in [0.3, 0.4) is 0 Å². The van der Waals surface area contributed by atoms with Crippen LogP contribution in [0.1, 0.15) is 30.8 Å². The summed E-state index contributed by atoms with van der Waals surface area (Å²) in [5.74, 6) is 1.28. The van der Waals surface area contributed by atoms with E-state index >= 15 is 0 Å². The van der Waals surface area contributed by atoms with Gasteiger partial charge in [-0.2, -0.15) is 0 Å². The summed E-state index contributed by atoms with van der Waals surface area (Å²) in [5, 5.41) is 1.26. The molecule has 0 saturated carbocycles. The predicted molar refractivity (Wildman–Crippen MR) is 199 cm³/mol.